The van der Waals surface area contributed by atoms with E-state index in [4.69, 9.17) is 0 Å². The summed E-state index contributed by atoms with van der Waals surface area (Å²) in [5.74, 6) is 1.89. The number of nitrogens with zero attached hydrogens (tertiary/aromatic N) is 4. The fraction of sp³-hybridized carbons (Fsp3) is 0.353. The number of pyridine rings is 1. The molecule has 1 saturated heterocycles. The molecule has 0 amide bonds. The number of hydrogen-bond donors (Lipinski definition) is 1. The van der Waals surface area contributed by atoms with Gasteiger partial charge in [0.15, 0.2) is 11.6 Å². The van der Waals surface area contributed by atoms with Gasteiger partial charge >= 0.3 is 0 Å². The summed E-state index contributed by atoms with van der Waals surface area (Å²) in [6.45, 7) is 3.55. The van der Waals surface area contributed by atoms with Crippen molar-refractivity contribution in [2.45, 2.75) is 25.8 Å². The maximum absolute atomic E-state index is 13.9. The maximum atomic E-state index is 13.9. The van der Waals surface area contributed by atoms with Gasteiger partial charge in [-0.25, -0.2) is 19.3 Å². The van der Waals surface area contributed by atoms with Crippen molar-refractivity contribution >= 4 is 33.2 Å². The summed E-state index contributed by atoms with van der Waals surface area (Å²) in [6, 6.07) is 5.34. The molecule has 0 aliphatic carbocycles. The molecule has 3 aromatic heterocycles. The Bertz CT molecular complexity index is 865. The van der Waals surface area contributed by atoms with Crippen molar-refractivity contribution in [3.05, 3.63) is 41.4 Å². The van der Waals surface area contributed by atoms with Gasteiger partial charge in [0.2, 0.25) is 0 Å². The highest BCUT2D eigenvalue weighted by Gasteiger charge is 2.26. The molecule has 0 aromatic carbocycles. The van der Waals surface area contributed by atoms with Gasteiger partial charge in [0, 0.05) is 31.7 Å². The Labute approximate surface area is 143 Å². The van der Waals surface area contributed by atoms with Crippen LogP contribution in [0.3, 0.4) is 0 Å². The average Bonchev–Trinajstić information content (AvgIpc) is 3.24. The number of nitrogens with one attached hydrogen (secondary N) is 1. The Kier molecular flexibility index (Phi) is 4.02. The lowest BCUT2D eigenvalue weighted by atomic mass is 10.2. The molecule has 1 N–H and O–H groups in total. The van der Waals surface area contributed by atoms with E-state index in [0.29, 0.717) is 12.4 Å². The maximum Gasteiger partial charge on any atom is 0.165 e. The lowest BCUT2D eigenvalue weighted by molar-refractivity contribution is 0.615. The number of halogens is 1. The van der Waals surface area contributed by atoms with Crippen molar-refractivity contribution in [2.24, 2.45) is 0 Å². The van der Waals surface area contributed by atoms with Crippen LogP contribution in [0.25, 0.3) is 10.2 Å². The lowest BCUT2D eigenvalue weighted by Crippen LogP contribution is -2.27. The van der Waals surface area contributed by atoms with Crippen molar-refractivity contribution in [1.29, 1.82) is 0 Å². The first-order valence-corrected chi connectivity index (χ1v) is 8.98. The first-order chi connectivity index (χ1) is 11.7. The molecule has 0 spiro atoms. The summed E-state index contributed by atoms with van der Waals surface area (Å²) in [7, 11) is 0. The van der Waals surface area contributed by atoms with Gasteiger partial charge in [-0.3, -0.25) is 0 Å². The zero-order valence-corrected chi connectivity index (χ0v) is 14.2. The van der Waals surface area contributed by atoms with Gasteiger partial charge in [0.05, 0.1) is 5.39 Å². The molecule has 1 fully saturated rings. The van der Waals surface area contributed by atoms with E-state index in [0.717, 1.165) is 41.2 Å². The van der Waals surface area contributed by atoms with Crippen LogP contribution in [0.4, 0.5) is 16.0 Å². The summed E-state index contributed by atoms with van der Waals surface area (Å²) < 4.78 is 13.9. The quantitative estimate of drug-likeness (QED) is 0.786. The van der Waals surface area contributed by atoms with Crippen LogP contribution in [0.1, 0.15) is 19.2 Å². The molecule has 1 unspecified atom stereocenters. The van der Waals surface area contributed by atoms with Crippen LogP contribution in [0.5, 0.6) is 0 Å². The fourth-order valence-electron chi connectivity index (χ4n) is 3.04. The minimum atomic E-state index is -0.270. The van der Waals surface area contributed by atoms with Crippen LogP contribution in [-0.2, 0) is 6.42 Å². The second-order valence-electron chi connectivity index (χ2n) is 5.87. The highest BCUT2D eigenvalue weighted by Crippen LogP contribution is 2.28. The van der Waals surface area contributed by atoms with Gasteiger partial charge in [-0.1, -0.05) is 6.92 Å². The summed E-state index contributed by atoms with van der Waals surface area (Å²) in [5, 5.41) is 6.62. The summed E-state index contributed by atoms with van der Waals surface area (Å²) in [4.78, 5) is 16.4. The van der Waals surface area contributed by atoms with Gasteiger partial charge < -0.3 is 10.2 Å². The first kappa shape index (κ1) is 15.3. The summed E-state index contributed by atoms with van der Waals surface area (Å²) >= 11 is 1.63. The third kappa shape index (κ3) is 2.80. The molecule has 0 bridgehead atoms. The Balaban J connectivity index is 1.55. The van der Waals surface area contributed by atoms with Gasteiger partial charge in [0.1, 0.15) is 16.5 Å². The number of aryl methyl sites for hydroxylation is 1. The van der Waals surface area contributed by atoms with E-state index in [1.165, 1.54) is 6.07 Å². The summed E-state index contributed by atoms with van der Waals surface area (Å²) in [5.41, 5.74) is 0. The van der Waals surface area contributed by atoms with E-state index in [-0.39, 0.29) is 11.9 Å². The number of fused-ring (bicyclic) bond motifs is 1. The van der Waals surface area contributed by atoms with Crippen LogP contribution in [0.15, 0.2) is 29.8 Å². The van der Waals surface area contributed by atoms with Crippen molar-refractivity contribution < 1.29 is 4.39 Å². The molecule has 1 aliphatic rings. The number of anilines is 2. The van der Waals surface area contributed by atoms with E-state index in [1.807, 2.05) is 16.3 Å². The third-order valence-electron chi connectivity index (χ3n) is 4.26. The van der Waals surface area contributed by atoms with Crippen LogP contribution >= 0.6 is 11.3 Å². The monoisotopic (exact) mass is 343 g/mol. The van der Waals surface area contributed by atoms with Crippen LogP contribution in [0.2, 0.25) is 0 Å². The molecule has 24 heavy (non-hydrogen) atoms. The Morgan fingerprint density at radius 2 is 2.29 bits per heavy atom. The average molecular weight is 343 g/mol. The van der Waals surface area contributed by atoms with Crippen molar-refractivity contribution in [1.82, 2.24) is 15.0 Å². The topological polar surface area (TPSA) is 53.9 Å². The minimum Gasteiger partial charge on any atom is -0.365 e. The zero-order chi connectivity index (χ0) is 16.5. The number of aromatic nitrogens is 3. The van der Waals surface area contributed by atoms with Crippen LogP contribution in [-0.4, -0.2) is 34.1 Å². The Morgan fingerprint density at radius 1 is 1.38 bits per heavy atom. The van der Waals surface area contributed by atoms with Crippen LogP contribution in [0, 0.1) is 5.82 Å². The molecule has 3 aromatic rings. The van der Waals surface area contributed by atoms with E-state index < -0.39 is 0 Å². The van der Waals surface area contributed by atoms with E-state index in [9.17, 15) is 4.39 Å². The molecule has 1 atom stereocenters. The van der Waals surface area contributed by atoms with Gasteiger partial charge in [-0.05, 0) is 30.0 Å². The predicted molar refractivity (Wildman–Crippen MR) is 95.2 cm³/mol. The predicted octanol–water partition coefficient (Wildman–Crippen LogP) is 3.48. The largest absolute Gasteiger partial charge is 0.365 e. The molecule has 4 rings (SSSR count). The van der Waals surface area contributed by atoms with Gasteiger partial charge in [0.25, 0.3) is 0 Å². The second kappa shape index (κ2) is 6.32. The van der Waals surface area contributed by atoms with E-state index in [2.05, 4.69) is 27.2 Å². The van der Waals surface area contributed by atoms with Crippen molar-refractivity contribution in [3.8, 4) is 0 Å². The summed E-state index contributed by atoms with van der Waals surface area (Å²) in [6.07, 6.45) is 3.36. The SMILES string of the molecule is CCc1nc(NC2CCN(c3ncccc3F)C2)c2ccsc2n1. The minimum absolute atomic E-state index is 0.217. The molecular formula is C17H18FN5S. The number of thiophene rings is 1. The lowest BCUT2D eigenvalue weighted by Gasteiger charge is -2.19. The standard InChI is InChI=1S/C17H18FN5S/c1-2-14-21-15(12-6-9-24-17(12)22-14)20-11-5-8-23(10-11)16-13(18)4-3-7-19-16/h3-4,6-7,9,11H,2,5,8,10H2,1H3,(H,20,21,22). The number of hydrogen-bond acceptors (Lipinski definition) is 6. The molecule has 0 radical (unpaired) electrons. The Hall–Kier alpha value is -2.28. The molecule has 124 valence electrons. The molecule has 5 nitrogen and oxygen atoms in total. The van der Waals surface area contributed by atoms with Crippen LogP contribution < -0.4 is 10.2 Å². The van der Waals surface area contributed by atoms with E-state index in [1.54, 1.807) is 23.6 Å². The van der Waals surface area contributed by atoms with Crippen molar-refractivity contribution in [2.75, 3.05) is 23.3 Å². The molecule has 0 saturated carbocycles. The first-order valence-electron chi connectivity index (χ1n) is 8.10. The van der Waals surface area contributed by atoms with Gasteiger partial charge in [-0.2, -0.15) is 0 Å². The fourth-order valence-corrected chi connectivity index (χ4v) is 3.82. The smallest absolute Gasteiger partial charge is 0.165 e. The highest BCUT2D eigenvalue weighted by atomic mass is 32.1. The molecule has 4 heterocycles. The molecule has 7 heteroatoms. The molecule has 1 aliphatic heterocycles. The molecular weight excluding hydrogens is 325 g/mol. The Morgan fingerprint density at radius 3 is 3.12 bits per heavy atom. The van der Waals surface area contributed by atoms with E-state index >= 15 is 0 Å². The normalized spacial score (nSPS) is 17.6. The third-order valence-corrected chi connectivity index (χ3v) is 5.06. The second-order valence-corrected chi connectivity index (χ2v) is 6.76. The number of rotatable bonds is 4. The van der Waals surface area contributed by atoms with Crippen molar-refractivity contribution in [3.63, 3.8) is 0 Å². The highest BCUT2D eigenvalue weighted by molar-refractivity contribution is 7.16. The van der Waals surface area contributed by atoms with Gasteiger partial charge in [-0.15, -0.1) is 11.3 Å². The zero-order valence-electron chi connectivity index (χ0n) is 13.4.